The summed E-state index contributed by atoms with van der Waals surface area (Å²) < 4.78 is 18.7. The summed E-state index contributed by atoms with van der Waals surface area (Å²) in [7, 11) is 0.142. The molecule has 12 heteroatoms. The number of aromatic nitrogens is 5. The second-order valence-corrected chi connectivity index (χ2v) is 9.83. The molecule has 4 heterocycles. The standard InChI is InChI=1S/C16H15N7O3S2/c17-14-12-13(7-1-2-10-8(3-7)21-16(18)26-10)22-23(15(12)20-6-19-14)4-11-9(24)5-28(25)27-11/h1-3,6,9,11,24H,4-5H2,(H2,18,21)(H2,17,19,20)/t9?,11-,28?/m1/s1. The molecule has 1 aliphatic rings. The molecule has 5 rings (SSSR count). The van der Waals surface area contributed by atoms with Crippen molar-refractivity contribution in [2.75, 3.05) is 17.2 Å². The first-order valence-corrected chi connectivity index (χ1v) is 11.1. The second kappa shape index (κ2) is 6.51. The maximum absolute atomic E-state index is 11.7. The molecule has 1 saturated heterocycles. The molecule has 0 aliphatic carbocycles. The van der Waals surface area contributed by atoms with E-state index in [9.17, 15) is 9.66 Å². The molecule has 0 spiro atoms. The number of fused-ring (bicyclic) bond motifs is 2. The summed E-state index contributed by atoms with van der Waals surface area (Å²) in [4.78, 5) is 12.6. The van der Waals surface area contributed by atoms with E-state index in [0.717, 1.165) is 5.56 Å². The van der Waals surface area contributed by atoms with Gasteiger partial charge in [-0.15, -0.1) is 0 Å². The van der Waals surface area contributed by atoms with Crippen molar-refractivity contribution >= 4 is 55.0 Å². The second-order valence-electron chi connectivity index (χ2n) is 6.40. The summed E-state index contributed by atoms with van der Waals surface area (Å²) in [5.74, 6) is 0.553. The first-order valence-electron chi connectivity index (χ1n) is 8.36. The predicted molar refractivity (Wildman–Crippen MR) is 108 cm³/mol. The number of aliphatic hydroxyl groups is 1. The fourth-order valence-electron chi connectivity index (χ4n) is 3.26. The van der Waals surface area contributed by atoms with Crippen molar-refractivity contribution < 1.29 is 14.1 Å². The lowest BCUT2D eigenvalue weighted by Gasteiger charge is -2.09. The van der Waals surface area contributed by atoms with Crippen LogP contribution in [0.4, 0.5) is 11.8 Å². The third-order valence-corrected chi connectivity index (χ3v) is 7.89. The molecule has 0 bridgehead atoms. The molecule has 1 aliphatic heterocycles. The van der Waals surface area contributed by atoms with E-state index in [1.54, 1.807) is 10.7 Å². The van der Waals surface area contributed by atoms with Gasteiger partial charge < -0.3 is 25.5 Å². The Balaban J connectivity index is 1.64. The van der Waals surface area contributed by atoms with Gasteiger partial charge in [0.1, 0.15) is 40.5 Å². The molecule has 28 heavy (non-hydrogen) atoms. The van der Waals surface area contributed by atoms with Crippen LogP contribution in [0.5, 0.6) is 0 Å². The largest absolute Gasteiger partial charge is 0.605 e. The Labute approximate surface area is 164 Å². The Bertz CT molecular complexity index is 1190. The smallest absolute Gasteiger partial charge is 0.292 e. The molecule has 0 saturated carbocycles. The average molecular weight is 417 g/mol. The molecule has 5 N–H and O–H groups in total. The monoisotopic (exact) mass is 417 g/mol. The molecule has 10 nitrogen and oxygen atoms in total. The van der Waals surface area contributed by atoms with Crippen molar-refractivity contribution in [3.05, 3.63) is 24.5 Å². The van der Waals surface area contributed by atoms with Crippen LogP contribution in [0.1, 0.15) is 0 Å². The quantitative estimate of drug-likeness (QED) is 0.322. The Morgan fingerprint density at radius 1 is 1.36 bits per heavy atom. The highest BCUT2D eigenvalue weighted by molar-refractivity contribution is 8.72. The van der Waals surface area contributed by atoms with E-state index in [0.29, 0.717) is 40.2 Å². The van der Waals surface area contributed by atoms with E-state index in [4.69, 9.17) is 15.9 Å². The normalized spacial score (nSPS) is 22.4. The fourth-order valence-corrected chi connectivity index (χ4v) is 6.73. The van der Waals surface area contributed by atoms with Crippen molar-refractivity contribution in [2.24, 2.45) is 0 Å². The number of nitrogens with two attached hydrogens (primary N) is 2. The number of benzene rings is 1. The first kappa shape index (κ1) is 17.6. The van der Waals surface area contributed by atoms with Crippen molar-refractivity contribution in [1.82, 2.24) is 24.7 Å². The van der Waals surface area contributed by atoms with Crippen LogP contribution in [-0.4, -0.2) is 51.5 Å². The minimum absolute atomic E-state index is 0.0885. The minimum Gasteiger partial charge on any atom is -0.605 e. The van der Waals surface area contributed by atoms with Gasteiger partial charge in [0.2, 0.25) is 0 Å². The fraction of sp³-hybridized carbons (Fsp3) is 0.250. The number of hydrogen-bond acceptors (Lipinski definition) is 10. The van der Waals surface area contributed by atoms with Crippen LogP contribution in [-0.2, 0) is 16.8 Å². The third kappa shape index (κ3) is 2.85. The Kier molecular flexibility index (Phi) is 4.08. The van der Waals surface area contributed by atoms with E-state index in [1.165, 1.54) is 17.1 Å². The Morgan fingerprint density at radius 3 is 3.00 bits per heavy atom. The van der Waals surface area contributed by atoms with E-state index in [-0.39, 0.29) is 17.0 Å². The number of anilines is 2. The minimum atomic E-state index is -1.10. The molecule has 144 valence electrons. The molecule has 3 atom stereocenters. The molecule has 1 fully saturated rings. The van der Waals surface area contributed by atoms with Crippen LogP contribution in [0.15, 0.2) is 28.9 Å². The van der Waals surface area contributed by atoms with Gasteiger partial charge in [-0.2, -0.15) is 10.1 Å². The van der Waals surface area contributed by atoms with Crippen molar-refractivity contribution in [1.29, 1.82) is 0 Å². The number of oxazole rings is 1. The topological polar surface area (TPSA) is 165 Å². The predicted octanol–water partition coefficient (Wildman–Crippen LogP) is 0.939. The lowest BCUT2D eigenvalue weighted by atomic mass is 10.1. The van der Waals surface area contributed by atoms with Gasteiger partial charge in [0, 0.05) is 15.8 Å². The summed E-state index contributed by atoms with van der Waals surface area (Å²) >= 11 is 0. The zero-order valence-corrected chi connectivity index (χ0v) is 16.0. The zero-order valence-electron chi connectivity index (χ0n) is 14.3. The van der Waals surface area contributed by atoms with Gasteiger partial charge in [-0.1, -0.05) is 0 Å². The van der Waals surface area contributed by atoms with Crippen LogP contribution in [0, 0.1) is 0 Å². The SMILES string of the molecule is Nc1nc2cc(-c3nn(C[C@H]4S[S+]([O-])CC4O)c4ncnc(N)c34)ccc2o1. The lowest BCUT2D eigenvalue weighted by molar-refractivity contribution is 0.189. The van der Waals surface area contributed by atoms with Crippen molar-refractivity contribution in [3.8, 4) is 11.3 Å². The molecule has 0 amide bonds. The van der Waals surface area contributed by atoms with Crippen molar-refractivity contribution in [2.45, 2.75) is 17.9 Å². The maximum atomic E-state index is 11.7. The van der Waals surface area contributed by atoms with Crippen LogP contribution >= 0.6 is 10.8 Å². The summed E-state index contributed by atoms with van der Waals surface area (Å²) in [6.07, 6.45) is 0.708. The molecular formula is C16H15N7O3S2. The highest BCUT2D eigenvalue weighted by Gasteiger charge is 2.38. The van der Waals surface area contributed by atoms with E-state index in [2.05, 4.69) is 20.1 Å². The van der Waals surface area contributed by atoms with Gasteiger partial charge in [-0.3, -0.25) is 0 Å². The van der Waals surface area contributed by atoms with Crippen LogP contribution < -0.4 is 11.5 Å². The molecule has 0 radical (unpaired) electrons. The molecular weight excluding hydrogens is 402 g/mol. The van der Waals surface area contributed by atoms with Gasteiger partial charge in [-0.25, -0.2) is 14.6 Å². The van der Waals surface area contributed by atoms with Gasteiger partial charge in [0.25, 0.3) is 6.01 Å². The Hall–Kier alpha value is -2.54. The van der Waals surface area contributed by atoms with E-state index >= 15 is 0 Å². The average Bonchev–Trinajstić information content (AvgIpc) is 3.30. The zero-order chi connectivity index (χ0) is 19.4. The molecule has 4 aromatic rings. The number of nitrogens with zero attached hydrogens (tertiary/aromatic N) is 5. The van der Waals surface area contributed by atoms with Crippen LogP contribution in [0.2, 0.25) is 0 Å². The van der Waals surface area contributed by atoms with Crippen molar-refractivity contribution in [3.63, 3.8) is 0 Å². The van der Waals surface area contributed by atoms with Gasteiger partial charge >= 0.3 is 0 Å². The van der Waals surface area contributed by atoms with Gasteiger partial charge in [0.15, 0.2) is 11.2 Å². The summed E-state index contributed by atoms with van der Waals surface area (Å²) in [5, 5.41) is 15.2. The Morgan fingerprint density at radius 2 is 2.21 bits per heavy atom. The molecule has 2 unspecified atom stereocenters. The van der Waals surface area contributed by atoms with E-state index in [1.807, 2.05) is 12.1 Å². The number of rotatable bonds is 3. The number of nitrogen functional groups attached to an aromatic ring is 2. The summed E-state index contributed by atoms with van der Waals surface area (Å²) in [6.45, 7) is 0.351. The van der Waals surface area contributed by atoms with Gasteiger partial charge in [-0.05, 0) is 18.2 Å². The van der Waals surface area contributed by atoms with Crippen LogP contribution in [0.25, 0.3) is 33.4 Å². The number of hydrogen-bond donors (Lipinski definition) is 3. The lowest BCUT2D eigenvalue weighted by Crippen LogP contribution is -2.25. The van der Waals surface area contributed by atoms with Crippen LogP contribution in [0.3, 0.4) is 0 Å². The molecule has 3 aromatic heterocycles. The maximum Gasteiger partial charge on any atom is 0.292 e. The summed E-state index contributed by atoms with van der Waals surface area (Å²) in [6, 6.07) is 5.49. The third-order valence-electron chi connectivity index (χ3n) is 4.56. The summed E-state index contributed by atoms with van der Waals surface area (Å²) in [5.41, 5.74) is 14.8. The highest BCUT2D eigenvalue weighted by atomic mass is 33.1. The highest BCUT2D eigenvalue weighted by Crippen LogP contribution is 2.36. The molecule has 1 aromatic carbocycles. The number of aliphatic hydroxyl groups excluding tert-OH is 1. The van der Waals surface area contributed by atoms with Gasteiger partial charge in [0.05, 0.1) is 22.7 Å². The first-order chi connectivity index (χ1) is 13.5. The van der Waals surface area contributed by atoms with E-state index < -0.39 is 16.3 Å².